The maximum atomic E-state index is 13.5. The molecular formula is C11H13F3. The van der Waals surface area contributed by atoms with Crippen LogP contribution in [0.25, 0.3) is 0 Å². The molecule has 0 bridgehead atoms. The van der Waals surface area contributed by atoms with Crippen LogP contribution in [0.3, 0.4) is 0 Å². The van der Waals surface area contributed by atoms with E-state index in [2.05, 4.69) is 13.2 Å². The van der Waals surface area contributed by atoms with E-state index < -0.39 is 23.2 Å². The van der Waals surface area contributed by atoms with Crippen LogP contribution in [0.1, 0.15) is 19.8 Å². The van der Waals surface area contributed by atoms with Gasteiger partial charge in [-0.1, -0.05) is 19.2 Å². The van der Waals surface area contributed by atoms with E-state index >= 15 is 0 Å². The smallest absolute Gasteiger partial charge is 0.206 e. The predicted molar refractivity (Wildman–Crippen MR) is 50.8 cm³/mol. The van der Waals surface area contributed by atoms with Gasteiger partial charge in [-0.2, -0.15) is 0 Å². The minimum Gasteiger partial charge on any atom is -0.206 e. The van der Waals surface area contributed by atoms with Crippen molar-refractivity contribution in [3.8, 4) is 0 Å². The monoisotopic (exact) mass is 202 g/mol. The fraction of sp³-hybridized carbons (Fsp3) is 0.455. The van der Waals surface area contributed by atoms with E-state index in [-0.39, 0.29) is 5.57 Å². The lowest BCUT2D eigenvalue weighted by molar-refractivity contribution is 0.0190. The van der Waals surface area contributed by atoms with Crippen molar-refractivity contribution in [2.75, 3.05) is 0 Å². The molecule has 78 valence electrons. The fourth-order valence-electron chi connectivity index (χ4n) is 1.27. The van der Waals surface area contributed by atoms with Gasteiger partial charge in [0, 0.05) is 5.92 Å². The van der Waals surface area contributed by atoms with E-state index in [9.17, 15) is 13.2 Å². The van der Waals surface area contributed by atoms with Crippen molar-refractivity contribution in [2.45, 2.75) is 25.7 Å². The van der Waals surface area contributed by atoms with Crippen LogP contribution in [0, 0.1) is 5.92 Å². The Bertz CT molecular complexity index is 296. The van der Waals surface area contributed by atoms with Gasteiger partial charge in [0.05, 0.1) is 5.57 Å². The molecule has 0 saturated heterocycles. The molecule has 14 heavy (non-hydrogen) atoms. The molecule has 1 rings (SSSR count). The summed E-state index contributed by atoms with van der Waals surface area (Å²) in [6.45, 7) is 7.89. The third kappa shape index (κ3) is 1.91. The van der Waals surface area contributed by atoms with Gasteiger partial charge < -0.3 is 0 Å². The Morgan fingerprint density at radius 1 is 1.43 bits per heavy atom. The molecule has 0 aromatic rings. The standard InChI is InChI=1S/C11H13F3/c1-4-9(10(12)7(2)3)11(13,14)8-5-6-8/h4,8H,1-2,5-6H2,3H3/b10-9-. The van der Waals surface area contributed by atoms with Gasteiger partial charge in [0.2, 0.25) is 0 Å². The first-order chi connectivity index (χ1) is 6.41. The van der Waals surface area contributed by atoms with Gasteiger partial charge in [0.1, 0.15) is 5.83 Å². The Hall–Kier alpha value is -0.990. The average molecular weight is 202 g/mol. The topological polar surface area (TPSA) is 0 Å². The molecule has 0 amide bonds. The second kappa shape index (κ2) is 3.64. The van der Waals surface area contributed by atoms with Crippen molar-refractivity contribution in [1.29, 1.82) is 0 Å². The molecule has 3 heteroatoms. The maximum Gasteiger partial charge on any atom is 0.278 e. The molecule has 1 aliphatic carbocycles. The molecule has 0 radical (unpaired) electrons. The van der Waals surface area contributed by atoms with Gasteiger partial charge in [-0.3, -0.25) is 0 Å². The average Bonchev–Trinajstić information content (AvgIpc) is 2.86. The zero-order chi connectivity index (χ0) is 10.9. The molecule has 0 nitrogen and oxygen atoms in total. The van der Waals surface area contributed by atoms with Gasteiger partial charge >= 0.3 is 0 Å². The zero-order valence-electron chi connectivity index (χ0n) is 8.12. The molecule has 1 aliphatic rings. The van der Waals surface area contributed by atoms with Gasteiger partial charge in [0.15, 0.2) is 0 Å². The van der Waals surface area contributed by atoms with Crippen molar-refractivity contribution < 1.29 is 13.2 Å². The summed E-state index contributed by atoms with van der Waals surface area (Å²) in [6, 6.07) is 0. The molecule has 0 unspecified atom stereocenters. The number of hydrogen-bond acceptors (Lipinski definition) is 0. The second-order valence-corrected chi connectivity index (χ2v) is 3.61. The first kappa shape index (κ1) is 11.1. The lowest BCUT2D eigenvalue weighted by Crippen LogP contribution is -2.22. The lowest BCUT2D eigenvalue weighted by atomic mass is 10.0. The summed E-state index contributed by atoms with van der Waals surface area (Å²) in [6.07, 6.45) is 1.80. The van der Waals surface area contributed by atoms with E-state index in [0.29, 0.717) is 12.8 Å². The van der Waals surface area contributed by atoms with Crippen molar-refractivity contribution in [3.63, 3.8) is 0 Å². The third-order valence-electron chi connectivity index (χ3n) is 2.26. The number of alkyl halides is 2. The molecule has 0 aromatic heterocycles. The normalized spacial score (nSPS) is 18.9. The first-order valence-electron chi connectivity index (χ1n) is 4.47. The van der Waals surface area contributed by atoms with Crippen LogP contribution >= 0.6 is 0 Å². The Kier molecular flexibility index (Phi) is 2.88. The highest BCUT2D eigenvalue weighted by Gasteiger charge is 2.49. The SMILES string of the molecule is C=C/C(=C(/F)C(=C)C)C(F)(F)C1CC1. The number of hydrogen-bond donors (Lipinski definition) is 0. The summed E-state index contributed by atoms with van der Waals surface area (Å²) in [7, 11) is 0. The Labute approximate surface area is 81.8 Å². The van der Waals surface area contributed by atoms with E-state index in [1.165, 1.54) is 6.92 Å². The highest BCUT2D eigenvalue weighted by molar-refractivity contribution is 5.38. The van der Waals surface area contributed by atoms with E-state index in [1.807, 2.05) is 0 Å². The summed E-state index contributed by atoms with van der Waals surface area (Å²) in [5.74, 6) is -4.75. The second-order valence-electron chi connectivity index (χ2n) is 3.61. The highest BCUT2D eigenvalue weighted by atomic mass is 19.3. The van der Waals surface area contributed by atoms with Crippen molar-refractivity contribution in [3.05, 3.63) is 36.2 Å². The summed E-state index contributed by atoms with van der Waals surface area (Å²) in [5, 5.41) is 0. The number of halogens is 3. The summed E-state index contributed by atoms with van der Waals surface area (Å²) in [4.78, 5) is 0. The minimum absolute atomic E-state index is 0.0141. The molecule has 0 spiro atoms. The van der Waals surface area contributed by atoms with Crippen LogP contribution in [0.15, 0.2) is 36.2 Å². The minimum atomic E-state index is -3.09. The van der Waals surface area contributed by atoms with Crippen LogP contribution in [0.2, 0.25) is 0 Å². The van der Waals surface area contributed by atoms with Crippen molar-refractivity contribution >= 4 is 0 Å². The third-order valence-corrected chi connectivity index (χ3v) is 2.26. The van der Waals surface area contributed by atoms with E-state index in [1.54, 1.807) is 0 Å². The van der Waals surface area contributed by atoms with Gasteiger partial charge in [-0.15, -0.1) is 0 Å². The summed E-state index contributed by atoms with van der Waals surface area (Å²) in [5.41, 5.74) is -0.604. The van der Waals surface area contributed by atoms with Crippen LogP contribution in [-0.2, 0) is 0 Å². The molecular weight excluding hydrogens is 189 g/mol. The van der Waals surface area contributed by atoms with Crippen molar-refractivity contribution in [1.82, 2.24) is 0 Å². The largest absolute Gasteiger partial charge is 0.278 e. The Balaban J connectivity index is 3.06. The summed E-state index contributed by atoms with van der Waals surface area (Å²) < 4.78 is 40.3. The quantitative estimate of drug-likeness (QED) is 0.604. The predicted octanol–water partition coefficient (Wildman–Crippen LogP) is 4.02. The van der Waals surface area contributed by atoms with Crippen molar-refractivity contribution in [2.24, 2.45) is 5.92 Å². The Morgan fingerprint density at radius 3 is 2.21 bits per heavy atom. The molecule has 0 N–H and O–H groups in total. The van der Waals surface area contributed by atoms with Gasteiger partial charge in [0.25, 0.3) is 5.92 Å². The van der Waals surface area contributed by atoms with Crippen LogP contribution in [0.5, 0.6) is 0 Å². The molecule has 0 heterocycles. The first-order valence-corrected chi connectivity index (χ1v) is 4.47. The molecule has 0 aromatic carbocycles. The van der Waals surface area contributed by atoms with Gasteiger partial charge in [-0.25, -0.2) is 13.2 Å². The Morgan fingerprint density at radius 2 is 1.93 bits per heavy atom. The van der Waals surface area contributed by atoms with Gasteiger partial charge in [-0.05, 0) is 25.3 Å². The van der Waals surface area contributed by atoms with Crippen LogP contribution < -0.4 is 0 Å². The maximum absolute atomic E-state index is 13.5. The summed E-state index contributed by atoms with van der Waals surface area (Å²) >= 11 is 0. The van der Waals surface area contributed by atoms with Crippen LogP contribution in [-0.4, -0.2) is 5.92 Å². The molecule has 1 saturated carbocycles. The van der Waals surface area contributed by atoms with E-state index in [0.717, 1.165) is 6.08 Å². The lowest BCUT2D eigenvalue weighted by Gasteiger charge is -2.17. The fourth-order valence-corrected chi connectivity index (χ4v) is 1.27. The van der Waals surface area contributed by atoms with Crippen LogP contribution in [0.4, 0.5) is 13.2 Å². The molecule has 0 atom stereocenters. The zero-order valence-corrected chi connectivity index (χ0v) is 8.12. The number of rotatable bonds is 4. The molecule has 1 fully saturated rings. The van der Waals surface area contributed by atoms with E-state index in [4.69, 9.17) is 0 Å². The number of allylic oxidation sites excluding steroid dienone is 4. The molecule has 0 aliphatic heterocycles. The highest BCUT2D eigenvalue weighted by Crippen LogP contribution is 2.48.